The Morgan fingerprint density at radius 2 is 1.24 bits per heavy atom. The van der Waals surface area contributed by atoms with Gasteiger partial charge in [0.15, 0.2) is 0 Å². The second-order valence-electron chi connectivity index (χ2n) is 7.46. The summed E-state index contributed by atoms with van der Waals surface area (Å²) in [7, 11) is 0. The molecule has 0 spiro atoms. The van der Waals surface area contributed by atoms with E-state index in [-0.39, 0.29) is 0 Å². The van der Waals surface area contributed by atoms with Crippen LogP contribution in [0.4, 0.5) is 11.4 Å². The molecule has 2 aromatic carbocycles. The summed E-state index contributed by atoms with van der Waals surface area (Å²) in [6.07, 6.45) is 0. The molecular formula is C25H26BrN3. The van der Waals surface area contributed by atoms with Gasteiger partial charge in [-0.1, -0.05) is 30.3 Å². The van der Waals surface area contributed by atoms with Crippen molar-refractivity contribution in [2.75, 3.05) is 0 Å². The van der Waals surface area contributed by atoms with Gasteiger partial charge in [0.05, 0.1) is 34.2 Å². The molecule has 148 valence electrons. The fraction of sp³-hybridized carbons (Fsp3) is 0.240. The Morgan fingerprint density at radius 3 is 1.79 bits per heavy atom. The molecule has 0 saturated carbocycles. The maximum Gasteiger partial charge on any atom is 0.0849 e. The molecule has 0 aliphatic rings. The van der Waals surface area contributed by atoms with E-state index in [1.807, 2.05) is 32.0 Å². The van der Waals surface area contributed by atoms with Gasteiger partial charge in [-0.15, -0.1) is 0 Å². The Hall–Kier alpha value is -2.59. The Bertz CT molecular complexity index is 1080. The molecule has 3 aromatic rings. The van der Waals surface area contributed by atoms with E-state index >= 15 is 0 Å². The third-order valence-electron chi connectivity index (χ3n) is 4.89. The molecular weight excluding hydrogens is 422 g/mol. The molecule has 0 aliphatic carbocycles. The number of nitrogens with zero attached hydrogens (tertiary/aromatic N) is 3. The summed E-state index contributed by atoms with van der Waals surface area (Å²) in [5.74, 6) is 0. The molecule has 0 fully saturated rings. The molecule has 0 aliphatic heterocycles. The molecule has 3 nitrogen and oxygen atoms in total. The Morgan fingerprint density at radius 1 is 0.724 bits per heavy atom. The van der Waals surface area contributed by atoms with Gasteiger partial charge in [-0.05, 0) is 97.9 Å². The molecule has 0 N–H and O–H groups in total. The van der Waals surface area contributed by atoms with E-state index in [0.29, 0.717) is 0 Å². The summed E-state index contributed by atoms with van der Waals surface area (Å²) in [6.45, 7) is 12.3. The molecule has 4 heteroatoms. The zero-order valence-electron chi connectivity index (χ0n) is 17.8. The zero-order chi connectivity index (χ0) is 21.1. The predicted molar refractivity (Wildman–Crippen MR) is 128 cm³/mol. The monoisotopic (exact) mass is 447 g/mol. The maximum absolute atomic E-state index is 4.86. The van der Waals surface area contributed by atoms with Crippen LogP contribution in [-0.2, 0) is 0 Å². The molecule has 0 bridgehead atoms. The molecule has 0 saturated heterocycles. The number of aryl methyl sites for hydroxylation is 4. The molecule has 1 heterocycles. The first-order valence-electron chi connectivity index (χ1n) is 9.67. The average molecular weight is 448 g/mol. The van der Waals surface area contributed by atoms with Gasteiger partial charge in [-0.2, -0.15) is 0 Å². The third kappa shape index (κ3) is 4.88. The second kappa shape index (κ2) is 8.83. The van der Waals surface area contributed by atoms with Gasteiger partial charge < -0.3 is 0 Å². The van der Waals surface area contributed by atoms with Crippen molar-refractivity contribution in [3.8, 4) is 0 Å². The fourth-order valence-electron chi connectivity index (χ4n) is 3.32. The van der Waals surface area contributed by atoms with Crippen molar-refractivity contribution >= 4 is 38.7 Å². The van der Waals surface area contributed by atoms with Crippen LogP contribution in [0.15, 0.2) is 63.0 Å². The van der Waals surface area contributed by atoms with Crippen LogP contribution in [-0.4, -0.2) is 16.4 Å². The van der Waals surface area contributed by atoms with E-state index in [1.165, 1.54) is 5.56 Å². The Kier molecular flexibility index (Phi) is 6.43. The predicted octanol–water partition coefficient (Wildman–Crippen LogP) is 7.36. The summed E-state index contributed by atoms with van der Waals surface area (Å²) in [5, 5.41) is 0. The average Bonchev–Trinajstić information content (AvgIpc) is 2.67. The smallest absolute Gasteiger partial charge is 0.0849 e. The van der Waals surface area contributed by atoms with E-state index in [9.17, 15) is 0 Å². The molecule has 1 aromatic heterocycles. The fourth-order valence-corrected chi connectivity index (χ4v) is 4.08. The van der Waals surface area contributed by atoms with Crippen molar-refractivity contribution in [3.05, 3.63) is 86.6 Å². The third-order valence-corrected chi connectivity index (χ3v) is 5.49. The molecule has 3 rings (SSSR count). The highest BCUT2D eigenvalue weighted by Crippen LogP contribution is 2.31. The second-order valence-corrected chi connectivity index (χ2v) is 8.31. The van der Waals surface area contributed by atoms with Gasteiger partial charge in [0, 0.05) is 4.47 Å². The molecule has 0 atom stereocenters. The SMILES string of the molecule is CC(=Nc1c(C)cccc1C)c1cccc(C(C)=Nc2c(C)cc(C)cc2Br)n1. The number of halogens is 1. The van der Waals surface area contributed by atoms with Crippen LogP contribution in [0.25, 0.3) is 0 Å². The van der Waals surface area contributed by atoms with E-state index in [0.717, 1.165) is 55.3 Å². The molecule has 0 unspecified atom stereocenters. The standard InChI is InChI=1S/C25H26BrN3/c1-15-13-18(4)25(21(26)14-15)28-20(6)23-12-8-11-22(29-23)19(5)27-24-16(2)9-7-10-17(24)3/h7-14H,1-6H3. The number of pyridine rings is 1. The van der Waals surface area contributed by atoms with Gasteiger partial charge in [0.1, 0.15) is 0 Å². The lowest BCUT2D eigenvalue weighted by Crippen LogP contribution is -2.05. The number of hydrogen-bond donors (Lipinski definition) is 0. The quantitative estimate of drug-likeness (QED) is 0.384. The number of rotatable bonds is 4. The van der Waals surface area contributed by atoms with Crippen molar-refractivity contribution in [2.45, 2.75) is 41.5 Å². The lowest BCUT2D eigenvalue weighted by Gasteiger charge is -2.09. The van der Waals surface area contributed by atoms with Gasteiger partial charge >= 0.3 is 0 Å². The lowest BCUT2D eigenvalue weighted by molar-refractivity contribution is 1.23. The van der Waals surface area contributed by atoms with Crippen LogP contribution in [0.2, 0.25) is 0 Å². The highest BCUT2D eigenvalue weighted by atomic mass is 79.9. The zero-order valence-corrected chi connectivity index (χ0v) is 19.4. The van der Waals surface area contributed by atoms with Crippen molar-refractivity contribution < 1.29 is 0 Å². The van der Waals surface area contributed by atoms with Crippen LogP contribution in [0.1, 0.15) is 47.5 Å². The Balaban J connectivity index is 1.98. The van der Waals surface area contributed by atoms with Crippen LogP contribution >= 0.6 is 15.9 Å². The van der Waals surface area contributed by atoms with Crippen molar-refractivity contribution in [1.82, 2.24) is 4.98 Å². The van der Waals surface area contributed by atoms with Gasteiger partial charge in [0.25, 0.3) is 0 Å². The highest BCUT2D eigenvalue weighted by molar-refractivity contribution is 9.10. The van der Waals surface area contributed by atoms with E-state index in [2.05, 4.69) is 74.0 Å². The summed E-state index contributed by atoms with van der Waals surface area (Å²) < 4.78 is 0.998. The minimum Gasteiger partial charge on any atom is -0.251 e. The number of para-hydroxylation sites is 1. The van der Waals surface area contributed by atoms with Crippen LogP contribution in [0.3, 0.4) is 0 Å². The first kappa shape index (κ1) is 21.1. The molecule has 0 radical (unpaired) electrons. The first-order valence-corrected chi connectivity index (χ1v) is 10.5. The highest BCUT2D eigenvalue weighted by Gasteiger charge is 2.09. The van der Waals surface area contributed by atoms with Crippen LogP contribution in [0, 0.1) is 27.7 Å². The normalized spacial score (nSPS) is 12.4. The molecule has 0 amide bonds. The van der Waals surface area contributed by atoms with E-state index < -0.39 is 0 Å². The topological polar surface area (TPSA) is 37.6 Å². The van der Waals surface area contributed by atoms with Gasteiger partial charge in [0.2, 0.25) is 0 Å². The van der Waals surface area contributed by atoms with Crippen LogP contribution < -0.4 is 0 Å². The summed E-state index contributed by atoms with van der Waals surface area (Å²) in [5.41, 5.74) is 10.1. The summed E-state index contributed by atoms with van der Waals surface area (Å²) in [6, 6.07) is 16.5. The number of aliphatic imine (C=N–C) groups is 2. The largest absolute Gasteiger partial charge is 0.251 e. The van der Waals surface area contributed by atoms with Crippen molar-refractivity contribution in [3.63, 3.8) is 0 Å². The van der Waals surface area contributed by atoms with Crippen LogP contribution in [0.5, 0.6) is 0 Å². The van der Waals surface area contributed by atoms with Gasteiger partial charge in [-0.3, -0.25) is 9.98 Å². The maximum atomic E-state index is 4.86. The number of benzene rings is 2. The number of hydrogen-bond acceptors (Lipinski definition) is 3. The summed E-state index contributed by atoms with van der Waals surface area (Å²) in [4.78, 5) is 14.5. The number of aromatic nitrogens is 1. The first-order chi connectivity index (χ1) is 13.8. The van der Waals surface area contributed by atoms with Crippen molar-refractivity contribution in [2.24, 2.45) is 9.98 Å². The Labute approximate surface area is 181 Å². The minimum atomic E-state index is 0.852. The van der Waals surface area contributed by atoms with Crippen molar-refractivity contribution in [1.29, 1.82) is 0 Å². The van der Waals surface area contributed by atoms with E-state index in [4.69, 9.17) is 15.0 Å². The van der Waals surface area contributed by atoms with Gasteiger partial charge in [-0.25, -0.2) is 4.98 Å². The summed E-state index contributed by atoms with van der Waals surface area (Å²) >= 11 is 3.64. The lowest BCUT2D eigenvalue weighted by atomic mass is 10.1. The molecule has 29 heavy (non-hydrogen) atoms. The minimum absolute atomic E-state index is 0.852. The van der Waals surface area contributed by atoms with E-state index in [1.54, 1.807) is 0 Å².